The molecule has 0 aromatic carbocycles. The van der Waals surface area contributed by atoms with Crippen molar-refractivity contribution in [3.05, 3.63) is 0 Å². The molecule has 0 rings (SSSR count). The molecule has 0 spiro atoms. The Morgan fingerprint density at radius 2 is 0.396 bits per heavy atom. The van der Waals surface area contributed by atoms with Crippen molar-refractivity contribution in [3.63, 3.8) is 0 Å². The summed E-state index contributed by atoms with van der Waals surface area (Å²) in [7, 11) is -9.92. The second-order valence-electron chi connectivity index (χ2n) is 29.5. The van der Waals surface area contributed by atoms with Gasteiger partial charge in [-0.3, -0.25) is 37.3 Å². The van der Waals surface area contributed by atoms with Gasteiger partial charge in [-0.25, -0.2) is 9.13 Å². The number of aliphatic hydroxyl groups excluding tert-OH is 1. The second-order valence-corrected chi connectivity index (χ2v) is 32.4. The highest BCUT2D eigenvalue weighted by Crippen LogP contribution is 2.45. The Hall–Kier alpha value is -1.94. The van der Waals surface area contributed by atoms with Crippen molar-refractivity contribution in [1.29, 1.82) is 0 Å². The lowest BCUT2D eigenvalue weighted by Crippen LogP contribution is -2.30. The molecule has 0 radical (unpaired) electrons. The maximum Gasteiger partial charge on any atom is 0.472 e. The third-order valence-electron chi connectivity index (χ3n) is 19.4. The van der Waals surface area contributed by atoms with Crippen molar-refractivity contribution in [2.24, 2.45) is 0 Å². The molecule has 17 nitrogen and oxygen atoms in total. The van der Waals surface area contributed by atoms with Crippen LogP contribution in [-0.4, -0.2) is 96.7 Å². The van der Waals surface area contributed by atoms with E-state index in [1.165, 1.54) is 276 Å². The average Bonchev–Trinajstić information content (AvgIpc) is 0.943. The van der Waals surface area contributed by atoms with E-state index in [9.17, 15) is 43.2 Å². The number of ether oxygens (including phenoxy) is 4. The highest BCUT2D eigenvalue weighted by Gasteiger charge is 2.30. The van der Waals surface area contributed by atoms with Crippen molar-refractivity contribution < 1.29 is 80.2 Å². The molecular weight excluding hydrogens is 1320 g/mol. The van der Waals surface area contributed by atoms with Gasteiger partial charge in [0.1, 0.15) is 19.3 Å². The Bertz CT molecular complexity index is 1910. The Morgan fingerprint density at radius 1 is 0.238 bits per heavy atom. The number of aliphatic hydroxyl groups is 1. The number of hydrogen-bond donors (Lipinski definition) is 3. The highest BCUT2D eigenvalue weighted by molar-refractivity contribution is 7.47. The Kier molecular flexibility index (Phi) is 74.8. The molecule has 0 saturated heterocycles. The van der Waals surface area contributed by atoms with Crippen LogP contribution in [0.1, 0.15) is 445 Å². The van der Waals surface area contributed by atoms with Crippen molar-refractivity contribution >= 4 is 39.5 Å². The summed E-state index contributed by atoms with van der Waals surface area (Å²) in [5.41, 5.74) is 0. The van der Waals surface area contributed by atoms with E-state index >= 15 is 0 Å². The van der Waals surface area contributed by atoms with Gasteiger partial charge in [0.05, 0.1) is 26.4 Å². The Labute approximate surface area is 619 Å². The van der Waals surface area contributed by atoms with Crippen LogP contribution in [-0.2, 0) is 65.4 Å². The SMILES string of the molecule is CCCCCCCCCCCCCCCCCCCCCCC(=O)O[C@H](COC(=O)CCCCCCCCCCCCCCCCCCCC)COP(=O)(O)OC[C@@H](O)COP(=O)(O)OC[C@@H](COC(=O)CCCCCCCCCCCCC)OC(=O)CCCCCCCCCCCCCC. The first-order valence-corrected chi connectivity index (χ1v) is 45.8. The minimum absolute atomic E-state index is 0.108. The van der Waals surface area contributed by atoms with Gasteiger partial charge in [0.25, 0.3) is 0 Å². The van der Waals surface area contributed by atoms with E-state index < -0.39 is 97.5 Å². The smallest absolute Gasteiger partial charge is 0.462 e. The minimum Gasteiger partial charge on any atom is -0.462 e. The van der Waals surface area contributed by atoms with E-state index in [1.807, 2.05) is 0 Å². The molecule has 0 aliphatic heterocycles. The van der Waals surface area contributed by atoms with Crippen LogP contribution >= 0.6 is 15.6 Å². The number of hydrogen-bond acceptors (Lipinski definition) is 15. The van der Waals surface area contributed by atoms with Gasteiger partial charge >= 0.3 is 39.5 Å². The molecule has 0 aromatic rings. The molecule has 0 fully saturated rings. The summed E-state index contributed by atoms with van der Waals surface area (Å²) in [6.07, 6.45) is 69.3. The summed E-state index contributed by atoms with van der Waals surface area (Å²) in [4.78, 5) is 73.0. The van der Waals surface area contributed by atoms with Crippen LogP contribution in [0.4, 0.5) is 0 Å². The lowest BCUT2D eigenvalue weighted by Gasteiger charge is -2.21. The molecule has 0 aromatic heterocycles. The van der Waals surface area contributed by atoms with Crippen LogP contribution in [0.5, 0.6) is 0 Å². The van der Waals surface area contributed by atoms with Crippen LogP contribution in [0.15, 0.2) is 0 Å². The van der Waals surface area contributed by atoms with Gasteiger partial charge in [0.15, 0.2) is 12.2 Å². The van der Waals surface area contributed by atoms with Crippen LogP contribution in [0, 0.1) is 0 Å². The molecular formula is C82H160O17P2. The first-order valence-electron chi connectivity index (χ1n) is 42.8. The molecule has 0 aliphatic rings. The van der Waals surface area contributed by atoms with E-state index in [0.29, 0.717) is 25.7 Å². The number of carbonyl (C=O) groups excluding carboxylic acids is 4. The third-order valence-corrected chi connectivity index (χ3v) is 21.3. The zero-order chi connectivity index (χ0) is 73.9. The van der Waals surface area contributed by atoms with Gasteiger partial charge in [0.2, 0.25) is 0 Å². The normalized spacial score (nSPS) is 13.8. The fourth-order valence-electron chi connectivity index (χ4n) is 12.8. The fourth-order valence-corrected chi connectivity index (χ4v) is 14.4. The topological polar surface area (TPSA) is 237 Å². The van der Waals surface area contributed by atoms with E-state index in [2.05, 4.69) is 27.7 Å². The van der Waals surface area contributed by atoms with Crippen LogP contribution in [0.25, 0.3) is 0 Å². The fraction of sp³-hybridized carbons (Fsp3) is 0.951. The number of phosphoric acid groups is 2. The van der Waals surface area contributed by atoms with Crippen LogP contribution in [0.2, 0.25) is 0 Å². The summed E-state index contributed by atoms with van der Waals surface area (Å²) in [5, 5.41) is 10.6. The van der Waals surface area contributed by atoms with E-state index in [0.717, 1.165) is 89.9 Å². The van der Waals surface area contributed by atoms with Gasteiger partial charge in [-0.15, -0.1) is 0 Å². The number of rotatable bonds is 83. The molecule has 101 heavy (non-hydrogen) atoms. The Balaban J connectivity index is 5.22. The molecule has 19 heteroatoms. The molecule has 0 heterocycles. The summed E-state index contributed by atoms with van der Waals surface area (Å²) in [5.74, 6) is -2.10. The highest BCUT2D eigenvalue weighted by atomic mass is 31.2. The van der Waals surface area contributed by atoms with Crippen molar-refractivity contribution in [3.8, 4) is 0 Å². The quantitative estimate of drug-likeness (QED) is 0.0222. The van der Waals surface area contributed by atoms with Gasteiger partial charge in [-0.05, 0) is 25.7 Å². The minimum atomic E-state index is -4.96. The maximum atomic E-state index is 13.1. The number of carbonyl (C=O) groups is 4. The van der Waals surface area contributed by atoms with Crippen molar-refractivity contribution in [2.45, 2.75) is 463 Å². The van der Waals surface area contributed by atoms with E-state index in [-0.39, 0.29) is 25.7 Å². The first-order chi connectivity index (χ1) is 49.2. The molecule has 0 aliphatic carbocycles. The largest absolute Gasteiger partial charge is 0.472 e. The predicted molar refractivity (Wildman–Crippen MR) is 414 cm³/mol. The second kappa shape index (κ2) is 76.3. The number of phosphoric ester groups is 2. The van der Waals surface area contributed by atoms with E-state index in [1.54, 1.807) is 0 Å². The van der Waals surface area contributed by atoms with Crippen LogP contribution in [0.3, 0.4) is 0 Å². The van der Waals surface area contributed by atoms with Gasteiger partial charge in [-0.2, -0.15) is 0 Å². The summed E-state index contributed by atoms with van der Waals surface area (Å²) in [6.45, 7) is 5.03. The standard InChI is InChI=1S/C82H160O17P2/c1-5-9-13-17-21-25-29-32-34-36-38-39-41-43-45-49-53-57-61-65-69-82(87)99-78(73-93-80(85)67-63-59-55-51-48-44-42-40-37-35-33-30-26-22-18-14-10-6-2)75-97-101(90,91)95-71-76(83)70-94-100(88,89)96-74-77(72-92-79(84)66-62-58-54-50-46-28-24-20-16-12-8-4)98-81(86)68-64-60-56-52-47-31-27-23-19-15-11-7-3/h76-78,83H,5-75H2,1-4H3,(H,88,89)(H,90,91)/t76-,77+,78+/m0/s1. The predicted octanol–water partition coefficient (Wildman–Crippen LogP) is 25.0. The molecule has 3 N–H and O–H groups in total. The Morgan fingerprint density at radius 3 is 0.584 bits per heavy atom. The molecule has 0 bridgehead atoms. The van der Waals surface area contributed by atoms with Crippen LogP contribution < -0.4 is 0 Å². The third kappa shape index (κ3) is 76.1. The molecule has 0 amide bonds. The summed E-state index contributed by atoms with van der Waals surface area (Å²) in [6, 6.07) is 0. The maximum absolute atomic E-state index is 13.1. The van der Waals surface area contributed by atoms with E-state index in [4.69, 9.17) is 37.0 Å². The summed E-state index contributed by atoms with van der Waals surface area (Å²) >= 11 is 0. The first kappa shape index (κ1) is 99.1. The monoisotopic (exact) mass is 1480 g/mol. The zero-order valence-electron chi connectivity index (χ0n) is 65.9. The number of unbranched alkanes of at least 4 members (excludes halogenated alkanes) is 57. The van der Waals surface area contributed by atoms with Gasteiger partial charge in [0, 0.05) is 25.7 Å². The summed E-state index contributed by atoms with van der Waals surface area (Å²) < 4.78 is 68.7. The van der Waals surface area contributed by atoms with Crippen molar-refractivity contribution in [1.82, 2.24) is 0 Å². The number of esters is 4. The molecule has 0 saturated carbocycles. The lowest BCUT2D eigenvalue weighted by atomic mass is 10.0. The van der Waals surface area contributed by atoms with Crippen molar-refractivity contribution in [2.75, 3.05) is 39.6 Å². The van der Waals surface area contributed by atoms with Gasteiger partial charge in [-0.1, -0.05) is 394 Å². The molecule has 5 atom stereocenters. The average molecular weight is 1480 g/mol. The lowest BCUT2D eigenvalue weighted by molar-refractivity contribution is -0.161. The molecule has 600 valence electrons. The zero-order valence-corrected chi connectivity index (χ0v) is 67.7. The van der Waals surface area contributed by atoms with Gasteiger partial charge < -0.3 is 33.8 Å². The molecule has 2 unspecified atom stereocenters.